The van der Waals surface area contributed by atoms with Gasteiger partial charge in [-0.1, -0.05) is 24.3 Å². The van der Waals surface area contributed by atoms with Crippen molar-refractivity contribution in [3.63, 3.8) is 0 Å². The standard InChI is InChI=1S/C24H27F2N5O2/c1-15-13-31(14-16(2)33-15)23-27-10-9-21(30-23)29-20-11-18(12-28-22(20)32-4)17-5-7-19(8-6-17)24(3,25)26/h5-12,15-16H,13-14H2,1-4H3,(H,27,29,30)/t15-,16+. The molecule has 2 aromatic heterocycles. The van der Waals surface area contributed by atoms with Crippen LogP contribution in [-0.4, -0.2) is 47.4 Å². The highest BCUT2D eigenvalue weighted by Crippen LogP contribution is 2.33. The lowest BCUT2D eigenvalue weighted by molar-refractivity contribution is -0.00572. The molecular formula is C24H27F2N5O2. The predicted octanol–water partition coefficient (Wildman–Crippen LogP) is 5.02. The average molecular weight is 456 g/mol. The van der Waals surface area contributed by atoms with Crippen LogP contribution in [0.25, 0.3) is 11.1 Å². The number of methoxy groups -OCH3 is 1. The van der Waals surface area contributed by atoms with Gasteiger partial charge in [-0.25, -0.2) is 18.7 Å². The van der Waals surface area contributed by atoms with Crippen LogP contribution in [-0.2, 0) is 10.7 Å². The molecule has 0 radical (unpaired) electrons. The normalized spacial score (nSPS) is 18.8. The first kappa shape index (κ1) is 22.8. The van der Waals surface area contributed by atoms with Gasteiger partial charge in [-0.05, 0) is 31.5 Å². The molecule has 9 heteroatoms. The van der Waals surface area contributed by atoms with Gasteiger partial charge in [0, 0.05) is 43.5 Å². The maximum Gasteiger partial charge on any atom is 0.270 e. The number of benzene rings is 1. The number of alkyl halides is 2. The summed E-state index contributed by atoms with van der Waals surface area (Å²) in [4.78, 5) is 15.5. The molecule has 1 aliphatic heterocycles. The summed E-state index contributed by atoms with van der Waals surface area (Å²) in [5.74, 6) is -1.29. The molecule has 0 unspecified atom stereocenters. The molecule has 1 aliphatic rings. The van der Waals surface area contributed by atoms with E-state index < -0.39 is 5.92 Å². The van der Waals surface area contributed by atoms with Crippen molar-refractivity contribution in [2.75, 3.05) is 30.4 Å². The zero-order valence-electron chi connectivity index (χ0n) is 19.0. The Bertz CT molecular complexity index is 1090. The molecule has 4 rings (SSSR count). The van der Waals surface area contributed by atoms with Crippen LogP contribution in [0.5, 0.6) is 5.88 Å². The zero-order chi connectivity index (χ0) is 23.6. The molecule has 0 aliphatic carbocycles. The maximum absolute atomic E-state index is 13.5. The number of hydrogen-bond acceptors (Lipinski definition) is 7. The van der Waals surface area contributed by atoms with E-state index in [9.17, 15) is 8.78 Å². The topological polar surface area (TPSA) is 72.4 Å². The third kappa shape index (κ3) is 5.36. The van der Waals surface area contributed by atoms with Crippen LogP contribution in [0.2, 0.25) is 0 Å². The van der Waals surface area contributed by atoms with Gasteiger partial charge in [0.1, 0.15) is 11.5 Å². The summed E-state index contributed by atoms with van der Waals surface area (Å²) in [5, 5.41) is 3.25. The second-order valence-corrected chi connectivity index (χ2v) is 8.28. The minimum Gasteiger partial charge on any atom is -0.480 e. The lowest BCUT2D eigenvalue weighted by Crippen LogP contribution is -2.46. The minimum atomic E-state index is -2.88. The molecule has 174 valence electrons. The largest absolute Gasteiger partial charge is 0.480 e. The highest BCUT2D eigenvalue weighted by molar-refractivity contribution is 5.72. The first-order valence-corrected chi connectivity index (χ1v) is 10.8. The fourth-order valence-corrected chi connectivity index (χ4v) is 3.87. The second kappa shape index (κ2) is 9.27. The zero-order valence-corrected chi connectivity index (χ0v) is 19.0. The third-order valence-corrected chi connectivity index (χ3v) is 5.38. The summed E-state index contributed by atoms with van der Waals surface area (Å²) in [7, 11) is 1.53. The second-order valence-electron chi connectivity index (χ2n) is 8.28. The molecule has 0 spiro atoms. The van der Waals surface area contributed by atoms with Crippen LogP contribution in [0.4, 0.5) is 26.2 Å². The molecule has 33 heavy (non-hydrogen) atoms. The van der Waals surface area contributed by atoms with Crippen molar-refractivity contribution in [1.29, 1.82) is 0 Å². The summed E-state index contributed by atoms with van der Waals surface area (Å²) < 4.78 is 38.3. The highest BCUT2D eigenvalue weighted by atomic mass is 19.3. The first-order chi connectivity index (χ1) is 15.7. The molecule has 0 bridgehead atoms. The molecular weight excluding hydrogens is 428 g/mol. The summed E-state index contributed by atoms with van der Waals surface area (Å²) in [6.45, 7) is 6.36. The third-order valence-electron chi connectivity index (χ3n) is 5.38. The van der Waals surface area contributed by atoms with Crippen LogP contribution in [0.1, 0.15) is 26.3 Å². The number of hydrogen-bond donors (Lipinski definition) is 1. The van der Waals surface area contributed by atoms with E-state index in [1.807, 2.05) is 19.9 Å². The summed E-state index contributed by atoms with van der Waals surface area (Å²) in [6, 6.07) is 9.78. The van der Waals surface area contributed by atoms with E-state index >= 15 is 0 Å². The van der Waals surface area contributed by atoms with Gasteiger partial charge >= 0.3 is 0 Å². The van der Waals surface area contributed by atoms with E-state index in [-0.39, 0.29) is 17.8 Å². The van der Waals surface area contributed by atoms with Crippen molar-refractivity contribution in [3.05, 3.63) is 54.4 Å². The Kier molecular flexibility index (Phi) is 6.42. The van der Waals surface area contributed by atoms with Gasteiger partial charge in [-0.2, -0.15) is 4.98 Å². The number of rotatable bonds is 6. The lowest BCUT2D eigenvalue weighted by Gasteiger charge is -2.35. The Morgan fingerprint density at radius 3 is 2.39 bits per heavy atom. The minimum absolute atomic E-state index is 0.0358. The molecule has 0 saturated carbocycles. The van der Waals surface area contributed by atoms with E-state index in [0.29, 0.717) is 36.4 Å². The van der Waals surface area contributed by atoms with E-state index in [0.717, 1.165) is 18.1 Å². The summed E-state index contributed by atoms with van der Waals surface area (Å²) in [6.07, 6.45) is 3.52. The van der Waals surface area contributed by atoms with Gasteiger partial charge < -0.3 is 19.7 Å². The van der Waals surface area contributed by atoms with Crippen molar-refractivity contribution in [2.24, 2.45) is 0 Å². The van der Waals surface area contributed by atoms with Gasteiger partial charge in [0.2, 0.25) is 11.8 Å². The van der Waals surface area contributed by atoms with E-state index in [4.69, 9.17) is 9.47 Å². The van der Waals surface area contributed by atoms with E-state index in [2.05, 4.69) is 25.2 Å². The van der Waals surface area contributed by atoms with E-state index in [1.54, 1.807) is 30.6 Å². The highest BCUT2D eigenvalue weighted by Gasteiger charge is 2.25. The van der Waals surface area contributed by atoms with Gasteiger partial charge in [0.25, 0.3) is 5.92 Å². The Labute approximate surface area is 191 Å². The monoisotopic (exact) mass is 455 g/mol. The predicted molar refractivity (Wildman–Crippen MR) is 123 cm³/mol. The molecule has 3 aromatic rings. The molecule has 2 atom stereocenters. The van der Waals surface area contributed by atoms with Crippen LogP contribution in [0, 0.1) is 0 Å². The number of ether oxygens (including phenoxy) is 2. The fraction of sp³-hybridized carbons (Fsp3) is 0.375. The number of pyridine rings is 1. The summed E-state index contributed by atoms with van der Waals surface area (Å²) in [5.41, 5.74) is 2.09. The lowest BCUT2D eigenvalue weighted by atomic mass is 10.0. The molecule has 0 amide bonds. The maximum atomic E-state index is 13.5. The fourth-order valence-electron chi connectivity index (χ4n) is 3.87. The molecule has 1 N–H and O–H groups in total. The summed E-state index contributed by atoms with van der Waals surface area (Å²) >= 11 is 0. The quantitative estimate of drug-likeness (QED) is 0.560. The molecule has 1 fully saturated rings. The van der Waals surface area contributed by atoms with Crippen molar-refractivity contribution in [3.8, 4) is 17.0 Å². The Morgan fingerprint density at radius 1 is 1.06 bits per heavy atom. The molecule has 1 aromatic carbocycles. The van der Waals surface area contributed by atoms with Crippen molar-refractivity contribution in [1.82, 2.24) is 15.0 Å². The smallest absolute Gasteiger partial charge is 0.270 e. The van der Waals surface area contributed by atoms with Crippen molar-refractivity contribution in [2.45, 2.75) is 38.9 Å². The molecule has 7 nitrogen and oxygen atoms in total. The average Bonchev–Trinajstić information content (AvgIpc) is 2.78. The number of morpholine rings is 1. The number of halogens is 2. The van der Waals surface area contributed by atoms with Gasteiger partial charge in [0.15, 0.2) is 0 Å². The Hall–Kier alpha value is -3.33. The number of aromatic nitrogens is 3. The Morgan fingerprint density at radius 2 is 1.76 bits per heavy atom. The first-order valence-electron chi connectivity index (χ1n) is 10.8. The van der Waals surface area contributed by atoms with Crippen LogP contribution < -0.4 is 15.0 Å². The van der Waals surface area contributed by atoms with E-state index in [1.165, 1.54) is 19.2 Å². The molecule has 3 heterocycles. The van der Waals surface area contributed by atoms with Gasteiger partial charge in [-0.15, -0.1) is 0 Å². The number of anilines is 3. The molecule has 1 saturated heterocycles. The van der Waals surface area contributed by atoms with Crippen molar-refractivity contribution >= 4 is 17.5 Å². The number of nitrogens with one attached hydrogen (secondary N) is 1. The van der Waals surface area contributed by atoms with Crippen LogP contribution >= 0.6 is 0 Å². The van der Waals surface area contributed by atoms with Crippen LogP contribution in [0.15, 0.2) is 48.8 Å². The van der Waals surface area contributed by atoms with Gasteiger partial charge in [0.05, 0.1) is 19.3 Å². The van der Waals surface area contributed by atoms with Crippen LogP contribution in [0.3, 0.4) is 0 Å². The van der Waals surface area contributed by atoms with Crippen molar-refractivity contribution < 1.29 is 18.3 Å². The Balaban J connectivity index is 1.59. The SMILES string of the molecule is COc1ncc(-c2ccc(C(C)(F)F)cc2)cc1Nc1ccnc(N2C[C@@H](C)O[C@@H](C)C2)n1. The van der Waals surface area contributed by atoms with Gasteiger partial charge in [-0.3, -0.25) is 0 Å². The number of nitrogens with zero attached hydrogens (tertiary/aromatic N) is 4.